The van der Waals surface area contributed by atoms with Gasteiger partial charge in [0, 0.05) is 0 Å². The van der Waals surface area contributed by atoms with Crippen LogP contribution in [0.25, 0.3) is 0 Å². The van der Waals surface area contributed by atoms with E-state index in [1.165, 1.54) is 0 Å². The van der Waals surface area contributed by atoms with E-state index in [9.17, 15) is 102 Å². The molecule has 0 N–H and O–H groups in total. The zero-order chi connectivity index (χ0) is 30.6. The summed E-state index contributed by atoms with van der Waals surface area (Å²) in [5.41, 5.74) is 0. The van der Waals surface area contributed by atoms with Crippen molar-refractivity contribution in [3.8, 4) is 0 Å². The summed E-state index contributed by atoms with van der Waals surface area (Å²) < 4.78 is 265. The topological polar surface area (TPSA) is 52.6 Å². The molecule has 26 heteroatoms. The Morgan fingerprint density at radius 2 is 0.649 bits per heavy atom. The van der Waals surface area contributed by atoms with Crippen LogP contribution in [-0.2, 0) is 15.7 Å². The molecular formula is C11F21IO4. The molecule has 0 heterocycles. The fourth-order valence-electron chi connectivity index (χ4n) is 1.37. The molecule has 0 radical (unpaired) electrons. The molecule has 0 amide bonds. The molecule has 0 aliphatic rings. The van der Waals surface area contributed by atoms with Gasteiger partial charge in [0.05, 0.1) is 0 Å². The normalized spacial score (nSPS) is 15.9. The van der Waals surface area contributed by atoms with Gasteiger partial charge in [0.15, 0.2) is 0 Å². The second-order valence-electron chi connectivity index (χ2n) is 5.81. The van der Waals surface area contributed by atoms with Gasteiger partial charge in [-0.2, -0.15) is 0 Å². The first-order valence-corrected chi connectivity index (χ1v) is 10.1. The molecule has 37 heavy (non-hydrogen) atoms. The molecule has 0 aliphatic carbocycles. The maximum atomic E-state index is 13.9. The fraction of sp³-hybridized carbons (Fsp3) is 0.818. The molecule has 0 saturated carbocycles. The van der Waals surface area contributed by atoms with E-state index in [-0.39, 0.29) is 0 Å². The summed E-state index contributed by atoms with van der Waals surface area (Å²) >= 11 is -8.11. The number of alkyl halides is 22. The van der Waals surface area contributed by atoms with E-state index in [0.29, 0.717) is 0 Å². The van der Waals surface area contributed by atoms with Gasteiger partial charge in [0.2, 0.25) is 0 Å². The Balaban J connectivity index is 7.00. The van der Waals surface area contributed by atoms with Gasteiger partial charge in [-0.1, -0.05) is 0 Å². The summed E-state index contributed by atoms with van der Waals surface area (Å²) in [5.74, 6) is -52.5. The van der Waals surface area contributed by atoms with E-state index in [1.807, 2.05) is 0 Å². The monoisotopic (exact) mass is 722 g/mol. The summed E-state index contributed by atoms with van der Waals surface area (Å²) in [6, 6.07) is 0. The predicted octanol–water partition coefficient (Wildman–Crippen LogP) is 6.87. The van der Waals surface area contributed by atoms with Crippen molar-refractivity contribution < 1.29 is 108 Å². The van der Waals surface area contributed by atoms with Gasteiger partial charge < -0.3 is 0 Å². The summed E-state index contributed by atoms with van der Waals surface area (Å²) in [6.07, 6.45) is -21.4. The molecule has 0 aliphatic heterocycles. The quantitative estimate of drug-likeness (QED) is 0.156. The fourth-order valence-corrected chi connectivity index (χ4v) is 4.13. The van der Waals surface area contributed by atoms with Crippen molar-refractivity contribution in [2.75, 3.05) is 0 Å². The molecule has 222 valence electrons. The van der Waals surface area contributed by atoms with Crippen LogP contribution in [0, 0.1) is 0 Å². The molecule has 0 unspecified atom stereocenters. The SMILES string of the molecule is O=C(OI(OC(=O)C(F)(F)F)C(F)(F)C(F)(F)C(F)(F)C(F)(F)C(F)(F)C(F)(F)C(F)(F)F)C(F)(F)F. The Kier molecular flexibility index (Phi) is 8.98. The summed E-state index contributed by atoms with van der Waals surface area (Å²) in [5, 5.41) is 0. The standard InChI is InChI=1S/C11F21IO4/c12-3(13,14)1(34)36-33(37-2(35)4(15,16)17)11(31,32)9(26,27)7(22,23)5(18,19)6(20,21)8(24,25)10(28,29)30. The minimum atomic E-state index is -8.96. The molecule has 0 rings (SSSR count). The van der Waals surface area contributed by atoms with E-state index in [1.54, 1.807) is 0 Å². The van der Waals surface area contributed by atoms with E-state index in [0.717, 1.165) is 0 Å². The number of halogens is 22. The Morgan fingerprint density at radius 3 is 0.892 bits per heavy atom. The van der Waals surface area contributed by atoms with Gasteiger partial charge in [-0.15, -0.1) is 0 Å². The van der Waals surface area contributed by atoms with Crippen molar-refractivity contribution in [2.45, 2.75) is 52.1 Å². The van der Waals surface area contributed by atoms with E-state index < -0.39 is 84.7 Å². The van der Waals surface area contributed by atoms with E-state index >= 15 is 0 Å². The van der Waals surface area contributed by atoms with Crippen molar-refractivity contribution in [2.24, 2.45) is 0 Å². The number of carbonyl (C=O) groups is 2. The van der Waals surface area contributed by atoms with Gasteiger partial charge in [-0.05, 0) is 0 Å². The Hall–Kier alpha value is -1.80. The second-order valence-corrected chi connectivity index (χ2v) is 9.29. The third-order valence-electron chi connectivity index (χ3n) is 3.23. The Labute approximate surface area is 193 Å². The Morgan fingerprint density at radius 1 is 0.405 bits per heavy atom. The number of rotatable bonds is 8. The zero-order valence-corrected chi connectivity index (χ0v) is 17.6. The van der Waals surface area contributed by atoms with Crippen LogP contribution in [0.4, 0.5) is 92.2 Å². The van der Waals surface area contributed by atoms with Crippen molar-refractivity contribution in [1.82, 2.24) is 0 Å². The van der Waals surface area contributed by atoms with Crippen LogP contribution >= 0.6 is 20.6 Å². The van der Waals surface area contributed by atoms with Crippen LogP contribution in [0.2, 0.25) is 0 Å². The maximum absolute atomic E-state index is 13.9. The van der Waals surface area contributed by atoms with Gasteiger partial charge in [0.25, 0.3) is 0 Å². The van der Waals surface area contributed by atoms with Crippen LogP contribution in [0.15, 0.2) is 0 Å². The third-order valence-corrected chi connectivity index (χ3v) is 6.61. The average Bonchev–Trinajstić information content (AvgIpc) is 2.63. The van der Waals surface area contributed by atoms with Gasteiger partial charge in [-0.3, -0.25) is 0 Å². The number of hydrogen-bond acceptors (Lipinski definition) is 4. The summed E-state index contributed by atoms with van der Waals surface area (Å²) in [7, 11) is 0. The molecule has 0 aromatic rings. The minimum absolute atomic E-state index is 2.27. The summed E-state index contributed by atoms with van der Waals surface area (Å²) in [6.45, 7) is 0. The molecule has 0 bridgehead atoms. The number of carbonyl (C=O) groups excluding carboxylic acids is 2. The van der Waals surface area contributed by atoms with Crippen LogP contribution in [-0.4, -0.2) is 64.0 Å². The molecule has 0 aromatic heterocycles. The van der Waals surface area contributed by atoms with Crippen LogP contribution in [0.5, 0.6) is 0 Å². The van der Waals surface area contributed by atoms with Gasteiger partial charge in [0.1, 0.15) is 0 Å². The van der Waals surface area contributed by atoms with Crippen LogP contribution in [0.1, 0.15) is 0 Å². The molecule has 0 fully saturated rings. The van der Waals surface area contributed by atoms with Crippen molar-refractivity contribution in [3.63, 3.8) is 0 Å². The molecular weight excluding hydrogens is 722 g/mol. The molecule has 0 spiro atoms. The average molecular weight is 722 g/mol. The summed E-state index contributed by atoms with van der Waals surface area (Å²) in [4.78, 5) is 21.0. The molecule has 0 saturated heterocycles. The van der Waals surface area contributed by atoms with Gasteiger partial charge in [-0.25, -0.2) is 0 Å². The predicted molar refractivity (Wildman–Crippen MR) is 74.1 cm³/mol. The number of hydrogen-bond donors (Lipinski definition) is 0. The zero-order valence-electron chi connectivity index (χ0n) is 15.4. The Bertz CT molecular complexity index is 839. The van der Waals surface area contributed by atoms with E-state index in [2.05, 4.69) is 6.13 Å². The van der Waals surface area contributed by atoms with Crippen molar-refractivity contribution in [1.29, 1.82) is 0 Å². The third kappa shape index (κ3) is 5.80. The van der Waals surface area contributed by atoms with Gasteiger partial charge >= 0.3 is 193 Å². The first kappa shape index (κ1) is 35.2. The van der Waals surface area contributed by atoms with Crippen molar-refractivity contribution in [3.05, 3.63) is 0 Å². The van der Waals surface area contributed by atoms with Crippen LogP contribution in [0.3, 0.4) is 0 Å². The first-order chi connectivity index (χ1) is 15.7. The van der Waals surface area contributed by atoms with Crippen LogP contribution < -0.4 is 0 Å². The molecule has 0 atom stereocenters. The molecule has 4 nitrogen and oxygen atoms in total. The first-order valence-electron chi connectivity index (χ1n) is 7.28. The second kappa shape index (κ2) is 9.44. The van der Waals surface area contributed by atoms with Crippen molar-refractivity contribution >= 4 is 32.6 Å². The van der Waals surface area contributed by atoms with E-state index in [4.69, 9.17) is 0 Å². The molecule has 0 aromatic carbocycles.